The number of hydrogen-bond donors (Lipinski definition) is 1. The van der Waals surface area contributed by atoms with E-state index >= 15 is 0 Å². The molecule has 2 aromatic carbocycles. The summed E-state index contributed by atoms with van der Waals surface area (Å²) >= 11 is 1.69. The summed E-state index contributed by atoms with van der Waals surface area (Å²) in [5.41, 5.74) is 8.48. The molecule has 0 radical (unpaired) electrons. The molecule has 0 amide bonds. The molecule has 0 saturated carbocycles. The van der Waals surface area contributed by atoms with E-state index in [1.165, 1.54) is 4.90 Å². The van der Waals surface area contributed by atoms with Gasteiger partial charge in [0, 0.05) is 16.5 Å². The lowest BCUT2D eigenvalue weighted by Crippen LogP contribution is -2.14. The van der Waals surface area contributed by atoms with Gasteiger partial charge in [-0.15, -0.1) is 11.8 Å². The van der Waals surface area contributed by atoms with Crippen molar-refractivity contribution < 1.29 is 9.47 Å². The van der Waals surface area contributed by atoms with Crippen molar-refractivity contribution in [3.05, 3.63) is 53.6 Å². The standard InChI is InChI=1S/C16H19NO2S/c1-18-11-8-9-12(14(10-11)19-2)16(17)13-6-4-5-7-15(13)20-3/h4-10,16H,17H2,1-3H3. The van der Waals surface area contributed by atoms with Crippen LogP contribution in [-0.4, -0.2) is 20.5 Å². The average Bonchev–Trinajstić information content (AvgIpc) is 2.53. The minimum atomic E-state index is -0.223. The number of hydrogen-bond acceptors (Lipinski definition) is 4. The Morgan fingerprint density at radius 2 is 1.75 bits per heavy atom. The predicted molar refractivity (Wildman–Crippen MR) is 83.8 cm³/mol. The number of thioether (sulfide) groups is 1. The molecular formula is C16H19NO2S. The van der Waals surface area contributed by atoms with Gasteiger partial charge in [0.25, 0.3) is 0 Å². The van der Waals surface area contributed by atoms with Gasteiger partial charge in [-0.3, -0.25) is 0 Å². The molecular weight excluding hydrogens is 270 g/mol. The Kier molecular flexibility index (Phi) is 4.93. The van der Waals surface area contributed by atoms with Gasteiger partial charge < -0.3 is 15.2 Å². The highest BCUT2D eigenvalue weighted by molar-refractivity contribution is 7.98. The molecule has 2 N–H and O–H groups in total. The van der Waals surface area contributed by atoms with Gasteiger partial charge in [-0.2, -0.15) is 0 Å². The van der Waals surface area contributed by atoms with Gasteiger partial charge in [0.2, 0.25) is 0 Å². The molecule has 0 aliphatic heterocycles. The van der Waals surface area contributed by atoms with E-state index in [1.54, 1.807) is 26.0 Å². The van der Waals surface area contributed by atoms with Crippen molar-refractivity contribution in [2.24, 2.45) is 5.73 Å². The van der Waals surface area contributed by atoms with Crippen molar-refractivity contribution in [2.75, 3.05) is 20.5 Å². The number of methoxy groups -OCH3 is 2. The SMILES string of the molecule is COc1ccc(C(N)c2ccccc2SC)c(OC)c1. The number of nitrogens with two attached hydrogens (primary N) is 1. The van der Waals surface area contributed by atoms with Crippen LogP contribution >= 0.6 is 11.8 Å². The molecule has 0 saturated heterocycles. The second-order valence-corrected chi connectivity index (χ2v) is 5.18. The van der Waals surface area contributed by atoms with Crippen LogP contribution in [0, 0.1) is 0 Å². The topological polar surface area (TPSA) is 44.5 Å². The van der Waals surface area contributed by atoms with Crippen molar-refractivity contribution in [1.82, 2.24) is 0 Å². The van der Waals surface area contributed by atoms with E-state index in [0.717, 1.165) is 22.6 Å². The van der Waals surface area contributed by atoms with Crippen LogP contribution in [0.3, 0.4) is 0 Å². The van der Waals surface area contributed by atoms with E-state index in [9.17, 15) is 0 Å². The zero-order valence-corrected chi connectivity index (χ0v) is 12.7. The highest BCUT2D eigenvalue weighted by Crippen LogP contribution is 2.34. The molecule has 1 unspecified atom stereocenters. The highest BCUT2D eigenvalue weighted by atomic mass is 32.2. The molecule has 20 heavy (non-hydrogen) atoms. The van der Waals surface area contributed by atoms with Gasteiger partial charge in [-0.05, 0) is 30.0 Å². The first-order valence-corrected chi connectivity index (χ1v) is 7.54. The molecule has 3 nitrogen and oxygen atoms in total. The van der Waals surface area contributed by atoms with E-state index in [4.69, 9.17) is 15.2 Å². The van der Waals surface area contributed by atoms with Crippen molar-refractivity contribution >= 4 is 11.8 Å². The fourth-order valence-electron chi connectivity index (χ4n) is 2.17. The largest absolute Gasteiger partial charge is 0.497 e. The van der Waals surface area contributed by atoms with E-state index in [-0.39, 0.29) is 6.04 Å². The zero-order valence-electron chi connectivity index (χ0n) is 11.9. The second kappa shape index (κ2) is 6.68. The number of ether oxygens (including phenoxy) is 2. The summed E-state index contributed by atoms with van der Waals surface area (Å²) in [5.74, 6) is 1.50. The summed E-state index contributed by atoms with van der Waals surface area (Å²) in [6.07, 6.45) is 2.05. The van der Waals surface area contributed by atoms with Gasteiger partial charge in [-0.1, -0.05) is 18.2 Å². The lowest BCUT2D eigenvalue weighted by Gasteiger charge is -2.19. The molecule has 0 heterocycles. The van der Waals surface area contributed by atoms with Crippen LogP contribution in [0.5, 0.6) is 11.5 Å². The van der Waals surface area contributed by atoms with Crippen LogP contribution in [0.1, 0.15) is 17.2 Å². The normalized spacial score (nSPS) is 12.0. The summed E-state index contributed by atoms with van der Waals surface area (Å²) in [7, 11) is 3.28. The third-order valence-corrected chi connectivity index (χ3v) is 4.06. The Morgan fingerprint density at radius 3 is 2.40 bits per heavy atom. The van der Waals surface area contributed by atoms with Gasteiger partial charge in [0.05, 0.1) is 20.3 Å². The maximum Gasteiger partial charge on any atom is 0.127 e. The van der Waals surface area contributed by atoms with Crippen LogP contribution in [0.4, 0.5) is 0 Å². The Labute approximate surface area is 124 Å². The predicted octanol–water partition coefficient (Wildman–Crippen LogP) is 3.47. The van der Waals surface area contributed by atoms with Crippen molar-refractivity contribution in [3.8, 4) is 11.5 Å². The molecule has 0 aliphatic rings. The average molecular weight is 289 g/mol. The van der Waals surface area contributed by atoms with E-state index in [1.807, 2.05) is 30.3 Å². The van der Waals surface area contributed by atoms with Gasteiger partial charge in [-0.25, -0.2) is 0 Å². The summed E-state index contributed by atoms with van der Waals surface area (Å²) in [6.45, 7) is 0. The Morgan fingerprint density at radius 1 is 1.00 bits per heavy atom. The van der Waals surface area contributed by atoms with E-state index in [2.05, 4.69) is 18.4 Å². The van der Waals surface area contributed by atoms with Gasteiger partial charge >= 0.3 is 0 Å². The zero-order chi connectivity index (χ0) is 14.5. The molecule has 0 aromatic heterocycles. The second-order valence-electron chi connectivity index (χ2n) is 4.33. The highest BCUT2D eigenvalue weighted by Gasteiger charge is 2.17. The van der Waals surface area contributed by atoms with Crippen molar-refractivity contribution in [3.63, 3.8) is 0 Å². The maximum absolute atomic E-state index is 6.43. The minimum Gasteiger partial charge on any atom is -0.497 e. The van der Waals surface area contributed by atoms with Crippen molar-refractivity contribution in [2.45, 2.75) is 10.9 Å². The van der Waals surface area contributed by atoms with E-state index < -0.39 is 0 Å². The van der Waals surface area contributed by atoms with Crippen LogP contribution in [0.2, 0.25) is 0 Å². The molecule has 1 atom stereocenters. The first-order chi connectivity index (χ1) is 9.71. The van der Waals surface area contributed by atoms with Gasteiger partial charge in [0.15, 0.2) is 0 Å². The van der Waals surface area contributed by atoms with Crippen LogP contribution < -0.4 is 15.2 Å². The lowest BCUT2D eigenvalue weighted by atomic mass is 9.98. The molecule has 0 fully saturated rings. The third kappa shape index (κ3) is 2.92. The lowest BCUT2D eigenvalue weighted by molar-refractivity contribution is 0.390. The number of rotatable bonds is 5. The van der Waals surface area contributed by atoms with E-state index in [0.29, 0.717) is 0 Å². The summed E-state index contributed by atoms with van der Waals surface area (Å²) < 4.78 is 10.7. The van der Waals surface area contributed by atoms with Crippen molar-refractivity contribution in [1.29, 1.82) is 0 Å². The summed E-state index contributed by atoms with van der Waals surface area (Å²) in [4.78, 5) is 1.18. The minimum absolute atomic E-state index is 0.223. The van der Waals surface area contributed by atoms with Crippen LogP contribution in [-0.2, 0) is 0 Å². The Bertz CT molecular complexity index is 586. The fourth-order valence-corrected chi connectivity index (χ4v) is 2.81. The third-order valence-electron chi connectivity index (χ3n) is 3.25. The smallest absolute Gasteiger partial charge is 0.127 e. The number of benzene rings is 2. The molecule has 0 bridgehead atoms. The van der Waals surface area contributed by atoms with Gasteiger partial charge in [0.1, 0.15) is 11.5 Å². The van der Waals surface area contributed by atoms with Crippen LogP contribution in [0.15, 0.2) is 47.4 Å². The summed E-state index contributed by atoms with van der Waals surface area (Å²) in [6, 6.07) is 13.7. The fraction of sp³-hybridized carbons (Fsp3) is 0.250. The first kappa shape index (κ1) is 14.8. The molecule has 106 valence electrons. The molecule has 4 heteroatoms. The quantitative estimate of drug-likeness (QED) is 0.856. The molecule has 2 aromatic rings. The Balaban J connectivity index is 2.45. The molecule has 0 spiro atoms. The summed E-state index contributed by atoms with van der Waals surface area (Å²) in [5, 5.41) is 0. The first-order valence-electron chi connectivity index (χ1n) is 6.31. The molecule has 0 aliphatic carbocycles. The maximum atomic E-state index is 6.43. The Hall–Kier alpha value is -1.65. The monoisotopic (exact) mass is 289 g/mol. The van der Waals surface area contributed by atoms with Crippen LogP contribution in [0.25, 0.3) is 0 Å². The molecule has 2 rings (SSSR count).